The lowest BCUT2D eigenvalue weighted by Gasteiger charge is -1.98. The average Bonchev–Trinajstić information content (AvgIpc) is 2.64. The smallest absolute Gasteiger partial charge is 0.192 e. The summed E-state index contributed by atoms with van der Waals surface area (Å²) in [4.78, 5) is 8.63. The number of aromatic nitrogens is 3. The lowest BCUT2D eigenvalue weighted by atomic mass is 10.3. The minimum Gasteiger partial charge on any atom is -0.329 e. The van der Waals surface area contributed by atoms with Crippen molar-refractivity contribution in [1.29, 1.82) is 0 Å². The van der Waals surface area contributed by atoms with Gasteiger partial charge in [0.05, 0.1) is 0 Å². The molecule has 13 heavy (non-hydrogen) atoms. The van der Waals surface area contributed by atoms with E-state index in [4.69, 9.17) is 0 Å². The van der Waals surface area contributed by atoms with E-state index in [1.165, 1.54) is 23.9 Å². The van der Waals surface area contributed by atoms with Crippen molar-refractivity contribution >= 4 is 33.6 Å². The summed E-state index contributed by atoms with van der Waals surface area (Å²) in [5.41, 5.74) is 2.51. The largest absolute Gasteiger partial charge is 0.329 e. The number of halogens is 1. The van der Waals surface area contributed by atoms with Crippen LogP contribution < -0.4 is 0 Å². The Labute approximate surface area is 89.3 Å². The van der Waals surface area contributed by atoms with Crippen LogP contribution in [0.1, 0.15) is 12.1 Å². The molecule has 0 amide bonds. The molecule has 0 unspecified atom stereocenters. The predicted octanol–water partition coefficient (Wildman–Crippen LogP) is 1.98. The van der Waals surface area contributed by atoms with Crippen molar-refractivity contribution in [1.82, 2.24) is 14.5 Å². The van der Waals surface area contributed by atoms with Gasteiger partial charge in [0.2, 0.25) is 0 Å². The molecule has 0 N–H and O–H groups in total. The third-order valence-corrected chi connectivity index (χ3v) is 3.03. The maximum atomic E-state index is 4.45. The zero-order valence-electron chi connectivity index (χ0n) is 7.00. The summed E-state index contributed by atoms with van der Waals surface area (Å²) in [5.74, 6) is 0. The van der Waals surface area contributed by atoms with E-state index in [1.807, 2.05) is 6.20 Å². The number of fused-ring (bicyclic) bond motifs is 3. The quantitative estimate of drug-likeness (QED) is 0.547. The number of nitrogens with zero attached hydrogens (tertiary/aromatic N) is 3. The third kappa shape index (κ3) is 1.08. The molecule has 0 aliphatic carbocycles. The van der Waals surface area contributed by atoms with E-state index < -0.39 is 0 Å². The molecule has 1 aliphatic rings. The van der Waals surface area contributed by atoms with Crippen molar-refractivity contribution in [2.75, 3.05) is 0 Å². The third-order valence-electron chi connectivity index (χ3n) is 2.51. The molecule has 3 nitrogen and oxygen atoms in total. The van der Waals surface area contributed by atoms with E-state index in [0.717, 1.165) is 16.0 Å². The van der Waals surface area contributed by atoms with Crippen LogP contribution in [0.5, 0.6) is 0 Å². The van der Waals surface area contributed by atoms with Crippen molar-refractivity contribution in [2.24, 2.45) is 0 Å². The highest BCUT2D eigenvalue weighted by atomic mass is 127. The molecule has 0 atom stereocenters. The average molecular weight is 285 g/mol. The van der Waals surface area contributed by atoms with Gasteiger partial charge in [0.15, 0.2) is 3.83 Å². The minimum absolute atomic E-state index is 0.831. The van der Waals surface area contributed by atoms with Gasteiger partial charge in [-0.05, 0) is 18.9 Å². The van der Waals surface area contributed by atoms with Gasteiger partial charge in [-0.25, -0.2) is 9.97 Å². The molecule has 0 fully saturated rings. The second-order valence-electron chi connectivity index (χ2n) is 3.31. The van der Waals surface area contributed by atoms with E-state index >= 15 is 0 Å². The van der Waals surface area contributed by atoms with E-state index in [-0.39, 0.29) is 0 Å². The van der Waals surface area contributed by atoms with Crippen molar-refractivity contribution in [3.8, 4) is 0 Å². The van der Waals surface area contributed by atoms with Gasteiger partial charge in [0.1, 0.15) is 5.65 Å². The van der Waals surface area contributed by atoms with E-state index in [1.54, 1.807) is 0 Å². The first-order valence-corrected chi connectivity index (χ1v) is 5.43. The zero-order valence-corrected chi connectivity index (χ0v) is 9.15. The first-order chi connectivity index (χ1) is 6.34. The molecule has 2 aromatic heterocycles. The van der Waals surface area contributed by atoms with Crippen molar-refractivity contribution in [3.63, 3.8) is 0 Å². The van der Waals surface area contributed by atoms with E-state index in [2.05, 4.69) is 43.2 Å². The van der Waals surface area contributed by atoms with Crippen LogP contribution in [-0.4, -0.2) is 14.5 Å². The van der Waals surface area contributed by atoms with Gasteiger partial charge in [-0.3, -0.25) is 0 Å². The van der Waals surface area contributed by atoms with Crippen LogP contribution in [0.2, 0.25) is 0 Å². The fraction of sp³-hybridized carbons (Fsp3) is 0.333. The zero-order chi connectivity index (χ0) is 8.84. The highest BCUT2D eigenvalue weighted by molar-refractivity contribution is 14.1. The predicted molar refractivity (Wildman–Crippen MR) is 58.6 cm³/mol. The number of aryl methyl sites for hydroxylation is 2. The first kappa shape index (κ1) is 7.73. The molecule has 1 aliphatic heterocycles. The summed E-state index contributed by atoms with van der Waals surface area (Å²) in [6, 6.07) is 2.21. The Hall–Kier alpha value is -0.650. The van der Waals surface area contributed by atoms with Gasteiger partial charge in [-0.1, -0.05) is 0 Å². The van der Waals surface area contributed by atoms with Crippen LogP contribution in [0.15, 0.2) is 12.3 Å². The lowest BCUT2D eigenvalue weighted by Crippen LogP contribution is -1.95. The normalized spacial score (nSPS) is 15.2. The second-order valence-corrected chi connectivity index (χ2v) is 4.27. The van der Waals surface area contributed by atoms with Crippen LogP contribution in [-0.2, 0) is 13.0 Å². The van der Waals surface area contributed by atoms with Gasteiger partial charge >= 0.3 is 0 Å². The van der Waals surface area contributed by atoms with E-state index in [0.29, 0.717) is 0 Å². The summed E-state index contributed by atoms with van der Waals surface area (Å²) in [5, 5.41) is 1.18. The summed E-state index contributed by atoms with van der Waals surface area (Å²) < 4.78 is 3.14. The summed E-state index contributed by atoms with van der Waals surface area (Å²) in [6.45, 7) is 1.12. The first-order valence-electron chi connectivity index (χ1n) is 4.35. The summed E-state index contributed by atoms with van der Waals surface area (Å²) in [6.07, 6.45) is 4.36. The van der Waals surface area contributed by atoms with Gasteiger partial charge in [0.25, 0.3) is 0 Å². The Morgan fingerprint density at radius 2 is 2.38 bits per heavy atom. The minimum atomic E-state index is 0.831. The molecule has 0 radical (unpaired) electrons. The molecule has 66 valence electrons. The van der Waals surface area contributed by atoms with Crippen LogP contribution in [0.25, 0.3) is 11.0 Å². The van der Waals surface area contributed by atoms with Crippen LogP contribution in [0, 0.1) is 3.83 Å². The topological polar surface area (TPSA) is 30.7 Å². The fourth-order valence-corrected chi connectivity index (χ4v) is 2.32. The standard InChI is InChI=1S/C9H8IN3/c10-9-11-5-6-4-7-2-1-3-13(7)8(6)12-9/h4-5H,1-3H2. The second kappa shape index (κ2) is 2.67. The molecule has 3 rings (SSSR count). The van der Waals surface area contributed by atoms with E-state index in [9.17, 15) is 0 Å². The molecule has 0 saturated carbocycles. The maximum Gasteiger partial charge on any atom is 0.192 e. The Bertz CT molecular complexity index is 475. The van der Waals surface area contributed by atoms with Crippen LogP contribution >= 0.6 is 22.6 Å². The Balaban J connectivity index is 2.40. The van der Waals surface area contributed by atoms with Gasteiger partial charge < -0.3 is 4.57 Å². The number of rotatable bonds is 0. The summed E-state index contributed by atoms with van der Waals surface area (Å²) >= 11 is 2.15. The molecule has 4 heteroatoms. The van der Waals surface area contributed by atoms with Crippen molar-refractivity contribution < 1.29 is 0 Å². The van der Waals surface area contributed by atoms with Crippen LogP contribution in [0.4, 0.5) is 0 Å². The molecular formula is C9H8IN3. The van der Waals surface area contributed by atoms with Crippen molar-refractivity contribution in [3.05, 3.63) is 21.8 Å². The summed E-state index contributed by atoms with van der Waals surface area (Å²) in [7, 11) is 0. The maximum absolute atomic E-state index is 4.45. The molecule has 3 heterocycles. The van der Waals surface area contributed by atoms with Gasteiger partial charge in [0, 0.05) is 46.4 Å². The van der Waals surface area contributed by atoms with Crippen LogP contribution in [0.3, 0.4) is 0 Å². The Morgan fingerprint density at radius 3 is 3.31 bits per heavy atom. The highest BCUT2D eigenvalue weighted by Crippen LogP contribution is 2.24. The number of hydrogen-bond donors (Lipinski definition) is 0. The van der Waals surface area contributed by atoms with Crippen molar-refractivity contribution in [2.45, 2.75) is 19.4 Å². The molecule has 0 bridgehead atoms. The molecule has 0 spiro atoms. The lowest BCUT2D eigenvalue weighted by molar-refractivity contribution is 0.763. The molecule has 0 saturated heterocycles. The van der Waals surface area contributed by atoms with Gasteiger partial charge in [-0.15, -0.1) is 0 Å². The van der Waals surface area contributed by atoms with Gasteiger partial charge in [-0.2, -0.15) is 0 Å². The number of hydrogen-bond acceptors (Lipinski definition) is 2. The molecule has 0 aromatic carbocycles. The fourth-order valence-electron chi connectivity index (χ4n) is 1.95. The monoisotopic (exact) mass is 285 g/mol. The SMILES string of the molecule is Ic1ncc2cc3n(c2n1)CCC3. The Morgan fingerprint density at radius 1 is 1.46 bits per heavy atom. The molecular weight excluding hydrogens is 277 g/mol. The molecule has 2 aromatic rings. The highest BCUT2D eigenvalue weighted by Gasteiger charge is 2.15. The Kier molecular flexibility index (Phi) is 1.59.